The lowest BCUT2D eigenvalue weighted by molar-refractivity contribution is -0.122. The van der Waals surface area contributed by atoms with Gasteiger partial charge in [0.25, 0.3) is 10.1 Å². The van der Waals surface area contributed by atoms with Crippen LogP contribution in [0, 0.1) is 0 Å². The van der Waals surface area contributed by atoms with Gasteiger partial charge in [-0.2, -0.15) is 8.42 Å². The summed E-state index contributed by atoms with van der Waals surface area (Å²) in [5.41, 5.74) is 0. The number of carbonyl (C=O) groups is 1. The Labute approximate surface area is 314 Å². The summed E-state index contributed by atoms with van der Waals surface area (Å²) < 4.78 is 32.5. The van der Waals surface area contributed by atoms with E-state index in [2.05, 4.69) is 79.9 Å². The van der Waals surface area contributed by atoms with E-state index in [9.17, 15) is 22.9 Å². The number of aliphatic hydroxyl groups excluding tert-OH is 1. The average Bonchev–Trinajstić information content (AvgIpc) is 3.09. The summed E-state index contributed by atoms with van der Waals surface area (Å²) >= 11 is 0. The minimum Gasteiger partial charge on any atom is -0.387 e. The van der Waals surface area contributed by atoms with Gasteiger partial charge in [-0.1, -0.05) is 177 Å². The first-order valence-electron chi connectivity index (χ1n) is 20.6. The minimum absolute atomic E-state index is 0.232. The van der Waals surface area contributed by atoms with Crippen molar-refractivity contribution in [2.24, 2.45) is 0 Å². The summed E-state index contributed by atoms with van der Waals surface area (Å²) in [5.74, 6) is -1.06. The van der Waals surface area contributed by atoms with Gasteiger partial charge in [0.1, 0.15) is 0 Å². The summed E-state index contributed by atoms with van der Waals surface area (Å²) in [5, 5.41) is 13.2. The van der Waals surface area contributed by atoms with Crippen molar-refractivity contribution >= 4 is 16.0 Å². The summed E-state index contributed by atoms with van der Waals surface area (Å²) in [6.45, 7) is 4.40. The van der Waals surface area contributed by atoms with Crippen LogP contribution in [-0.4, -0.2) is 41.9 Å². The first-order valence-corrected chi connectivity index (χ1v) is 22.2. The molecule has 0 aromatic carbocycles. The third-order valence-electron chi connectivity index (χ3n) is 8.87. The second kappa shape index (κ2) is 37.5. The predicted molar refractivity (Wildman–Crippen MR) is 221 cm³/mol. The SMILES string of the molecule is CC/C=C\C/C=C\C/C=C\C/C=C\CCCCC(=O)NC(CS(=O)(=O)O)C(O)/C=C/CC/C=C/CCCCCCCCCCCCCCCCC. The van der Waals surface area contributed by atoms with Crippen LogP contribution in [0.3, 0.4) is 0 Å². The van der Waals surface area contributed by atoms with Crippen LogP contribution < -0.4 is 5.32 Å². The molecule has 0 spiro atoms. The molecule has 7 heteroatoms. The summed E-state index contributed by atoms with van der Waals surface area (Å²) in [7, 11) is -4.37. The van der Waals surface area contributed by atoms with E-state index in [0.29, 0.717) is 12.8 Å². The first kappa shape index (κ1) is 48.8. The van der Waals surface area contributed by atoms with Crippen LogP contribution in [0.15, 0.2) is 72.9 Å². The number of carbonyl (C=O) groups excluding carboxylic acids is 1. The van der Waals surface area contributed by atoms with Gasteiger partial charge in [-0.05, 0) is 70.6 Å². The Bertz CT molecular complexity index is 1070. The Balaban J connectivity index is 4.03. The number of rotatable bonds is 36. The van der Waals surface area contributed by atoms with Gasteiger partial charge >= 0.3 is 0 Å². The van der Waals surface area contributed by atoms with Crippen molar-refractivity contribution in [3.05, 3.63) is 72.9 Å². The van der Waals surface area contributed by atoms with Crippen molar-refractivity contribution < 1.29 is 22.9 Å². The van der Waals surface area contributed by atoms with Crippen molar-refractivity contribution in [3.8, 4) is 0 Å². The molecule has 2 unspecified atom stereocenters. The zero-order valence-corrected chi connectivity index (χ0v) is 33.5. The Morgan fingerprint density at radius 2 is 0.961 bits per heavy atom. The van der Waals surface area contributed by atoms with E-state index in [1.165, 1.54) is 102 Å². The van der Waals surface area contributed by atoms with Crippen molar-refractivity contribution in [2.45, 2.75) is 193 Å². The molecule has 1 amide bonds. The van der Waals surface area contributed by atoms with Gasteiger partial charge < -0.3 is 10.4 Å². The van der Waals surface area contributed by atoms with Crippen molar-refractivity contribution in [2.75, 3.05) is 5.75 Å². The Hall–Kier alpha value is -2.22. The lowest BCUT2D eigenvalue weighted by atomic mass is 10.0. The molecule has 0 aliphatic carbocycles. The van der Waals surface area contributed by atoms with E-state index in [4.69, 9.17) is 0 Å². The minimum atomic E-state index is -4.37. The van der Waals surface area contributed by atoms with Gasteiger partial charge in [0.2, 0.25) is 5.91 Å². The highest BCUT2D eigenvalue weighted by Crippen LogP contribution is 2.14. The Morgan fingerprint density at radius 1 is 0.549 bits per heavy atom. The molecule has 0 fully saturated rings. The molecule has 0 aromatic heterocycles. The quantitative estimate of drug-likeness (QED) is 0.0338. The highest BCUT2D eigenvalue weighted by atomic mass is 32.2. The standard InChI is InChI=1S/C44H77NO5S/c1-3-5-7-9-11-13-15-17-19-20-21-22-23-24-26-27-29-31-33-35-37-39-43(46)42(41-51(48,49)50)45-44(47)40-38-36-34-32-30-28-25-18-16-14-12-10-8-6-4-2/h6,8,12,14,18,25,29-32,37,39,42-43,46H,3-5,7,9-11,13,15-17,19-24,26-28,33-36,38,40-41H2,1-2H3,(H,45,47)(H,48,49,50)/b8-6-,14-12-,25-18-,31-29+,32-30-,39-37+. The number of nitrogens with one attached hydrogen (secondary N) is 1. The second-order valence-electron chi connectivity index (χ2n) is 13.9. The summed E-state index contributed by atoms with van der Waals surface area (Å²) in [4.78, 5) is 12.5. The normalized spacial score (nSPS) is 14.0. The average molecular weight is 732 g/mol. The number of aliphatic hydroxyl groups is 1. The van der Waals surface area contributed by atoms with Gasteiger partial charge in [-0.3, -0.25) is 9.35 Å². The van der Waals surface area contributed by atoms with E-state index in [1.807, 2.05) is 0 Å². The van der Waals surface area contributed by atoms with E-state index in [1.54, 1.807) is 6.08 Å². The molecular weight excluding hydrogens is 655 g/mol. The topological polar surface area (TPSA) is 104 Å². The molecule has 0 radical (unpaired) electrons. The molecule has 0 aliphatic heterocycles. The van der Waals surface area contributed by atoms with Crippen molar-refractivity contribution in [1.82, 2.24) is 5.32 Å². The molecule has 0 aromatic rings. The maximum absolute atomic E-state index is 12.5. The van der Waals surface area contributed by atoms with Gasteiger partial charge in [0.15, 0.2) is 0 Å². The maximum atomic E-state index is 12.5. The van der Waals surface area contributed by atoms with E-state index < -0.39 is 28.0 Å². The fraction of sp³-hybridized carbons (Fsp3) is 0.705. The number of unbranched alkanes of at least 4 members (excludes halogenated alkanes) is 18. The molecule has 0 saturated heterocycles. The number of amides is 1. The molecule has 0 aliphatic rings. The molecule has 0 saturated carbocycles. The molecule has 6 nitrogen and oxygen atoms in total. The Morgan fingerprint density at radius 3 is 1.47 bits per heavy atom. The van der Waals surface area contributed by atoms with Gasteiger partial charge in [0, 0.05) is 6.42 Å². The fourth-order valence-corrected chi connectivity index (χ4v) is 6.54. The number of hydrogen-bond donors (Lipinski definition) is 3. The molecule has 294 valence electrons. The molecule has 3 N–H and O–H groups in total. The third-order valence-corrected chi connectivity index (χ3v) is 9.65. The zero-order chi connectivity index (χ0) is 37.5. The third kappa shape index (κ3) is 38.8. The van der Waals surface area contributed by atoms with Crippen LogP contribution in [-0.2, 0) is 14.9 Å². The Kier molecular flexibility index (Phi) is 35.9. The zero-order valence-electron chi connectivity index (χ0n) is 32.7. The summed E-state index contributed by atoms with van der Waals surface area (Å²) in [6.07, 6.45) is 53.3. The number of hydrogen-bond acceptors (Lipinski definition) is 4. The van der Waals surface area contributed by atoms with E-state index >= 15 is 0 Å². The lowest BCUT2D eigenvalue weighted by Gasteiger charge is -2.21. The van der Waals surface area contributed by atoms with Crippen LogP contribution in [0.4, 0.5) is 0 Å². The molecular formula is C44H77NO5S. The lowest BCUT2D eigenvalue weighted by Crippen LogP contribution is -2.46. The molecule has 0 rings (SSSR count). The van der Waals surface area contributed by atoms with Crippen LogP contribution in [0.25, 0.3) is 0 Å². The predicted octanol–water partition coefficient (Wildman–Crippen LogP) is 12.2. The van der Waals surface area contributed by atoms with Gasteiger partial charge in [0.05, 0.1) is 17.9 Å². The maximum Gasteiger partial charge on any atom is 0.267 e. The molecule has 0 heterocycles. The molecule has 2 atom stereocenters. The van der Waals surface area contributed by atoms with Gasteiger partial charge in [-0.15, -0.1) is 0 Å². The smallest absolute Gasteiger partial charge is 0.267 e. The first-order chi connectivity index (χ1) is 24.8. The van der Waals surface area contributed by atoms with Crippen LogP contribution >= 0.6 is 0 Å². The highest BCUT2D eigenvalue weighted by Gasteiger charge is 2.24. The second-order valence-corrected chi connectivity index (χ2v) is 15.4. The highest BCUT2D eigenvalue weighted by molar-refractivity contribution is 7.85. The van der Waals surface area contributed by atoms with Crippen molar-refractivity contribution in [3.63, 3.8) is 0 Å². The monoisotopic (exact) mass is 732 g/mol. The van der Waals surface area contributed by atoms with E-state index in [0.717, 1.165) is 51.4 Å². The summed E-state index contributed by atoms with van der Waals surface area (Å²) in [6, 6.07) is -1.10. The van der Waals surface area contributed by atoms with Crippen LogP contribution in [0.2, 0.25) is 0 Å². The van der Waals surface area contributed by atoms with Gasteiger partial charge in [-0.25, -0.2) is 0 Å². The molecule has 0 bridgehead atoms. The fourth-order valence-electron chi connectivity index (χ4n) is 5.81. The van der Waals surface area contributed by atoms with Crippen molar-refractivity contribution in [1.29, 1.82) is 0 Å². The van der Waals surface area contributed by atoms with E-state index in [-0.39, 0.29) is 12.3 Å². The largest absolute Gasteiger partial charge is 0.387 e. The van der Waals surface area contributed by atoms with Crippen LogP contribution in [0.5, 0.6) is 0 Å². The molecule has 51 heavy (non-hydrogen) atoms. The number of allylic oxidation sites excluding steroid dienone is 11. The van der Waals surface area contributed by atoms with Crippen LogP contribution in [0.1, 0.15) is 181 Å².